The number of urea groups is 1. The Balaban J connectivity index is 1.44. The molecule has 0 spiro atoms. The highest BCUT2D eigenvalue weighted by Gasteiger charge is 2.37. The van der Waals surface area contributed by atoms with Gasteiger partial charge in [0.15, 0.2) is 0 Å². The van der Waals surface area contributed by atoms with E-state index in [0.717, 1.165) is 16.1 Å². The zero-order valence-electron chi connectivity index (χ0n) is 15.8. The van der Waals surface area contributed by atoms with Gasteiger partial charge in [0.05, 0.1) is 5.92 Å². The van der Waals surface area contributed by atoms with Crippen LogP contribution in [0.2, 0.25) is 0 Å². The van der Waals surface area contributed by atoms with E-state index in [9.17, 15) is 4.79 Å². The Morgan fingerprint density at radius 3 is 2.79 bits per heavy atom. The zero-order valence-corrected chi connectivity index (χ0v) is 16.6. The minimum absolute atomic E-state index is 0.0354. The van der Waals surface area contributed by atoms with Crippen LogP contribution in [-0.2, 0) is 0 Å². The quantitative estimate of drug-likeness (QED) is 0.648. The largest absolute Gasteiger partial charge is 0.339 e. The van der Waals surface area contributed by atoms with Crippen molar-refractivity contribution in [2.75, 3.05) is 24.7 Å². The highest BCUT2D eigenvalue weighted by molar-refractivity contribution is 7.98. The number of nitrogens with zero attached hydrogens (tertiary/aromatic N) is 3. The molecule has 144 valence electrons. The van der Waals surface area contributed by atoms with Gasteiger partial charge < -0.3 is 14.7 Å². The predicted octanol–water partition coefficient (Wildman–Crippen LogP) is 4.73. The summed E-state index contributed by atoms with van der Waals surface area (Å²) in [7, 11) is 0. The van der Waals surface area contributed by atoms with Gasteiger partial charge in [0.25, 0.3) is 0 Å². The van der Waals surface area contributed by atoms with Crippen molar-refractivity contribution in [1.29, 1.82) is 0 Å². The third kappa shape index (κ3) is 3.89. The van der Waals surface area contributed by atoms with E-state index in [0.29, 0.717) is 24.8 Å². The van der Waals surface area contributed by atoms with Gasteiger partial charge in [-0.2, -0.15) is 4.98 Å². The van der Waals surface area contributed by atoms with Gasteiger partial charge >= 0.3 is 6.03 Å². The molecule has 2 unspecified atom stereocenters. The van der Waals surface area contributed by atoms with Crippen molar-refractivity contribution < 1.29 is 9.32 Å². The molecule has 7 heteroatoms. The van der Waals surface area contributed by atoms with Gasteiger partial charge in [0.2, 0.25) is 11.7 Å². The Hall–Kier alpha value is -2.80. The summed E-state index contributed by atoms with van der Waals surface area (Å²) in [6, 6.07) is 17.5. The maximum atomic E-state index is 12.7. The molecule has 1 saturated heterocycles. The number of thioether (sulfide) groups is 1. The molecule has 2 heterocycles. The molecule has 28 heavy (non-hydrogen) atoms. The molecule has 1 aliphatic rings. The minimum Gasteiger partial charge on any atom is -0.339 e. The number of likely N-dealkylation sites (tertiary alicyclic amines) is 1. The second kappa shape index (κ2) is 8.06. The van der Waals surface area contributed by atoms with Crippen LogP contribution in [0.15, 0.2) is 64.0 Å². The molecule has 6 nitrogen and oxygen atoms in total. The SMILES string of the molecule is CSc1cccc(NC(=O)N2CC(C)C(c3nc(-c4ccccc4)no3)C2)c1. The third-order valence-corrected chi connectivity index (χ3v) is 5.74. The number of benzene rings is 2. The molecular weight excluding hydrogens is 372 g/mol. The average molecular weight is 395 g/mol. The topological polar surface area (TPSA) is 71.3 Å². The second-order valence-corrected chi connectivity index (χ2v) is 7.85. The first-order chi connectivity index (χ1) is 13.6. The normalized spacial score (nSPS) is 19.0. The van der Waals surface area contributed by atoms with E-state index >= 15 is 0 Å². The van der Waals surface area contributed by atoms with Crippen molar-refractivity contribution >= 4 is 23.5 Å². The maximum Gasteiger partial charge on any atom is 0.321 e. The van der Waals surface area contributed by atoms with Gasteiger partial charge in [-0.05, 0) is 30.4 Å². The molecule has 1 N–H and O–H groups in total. The first-order valence-electron chi connectivity index (χ1n) is 9.23. The van der Waals surface area contributed by atoms with Crippen LogP contribution >= 0.6 is 11.8 Å². The highest BCUT2D eigenvalue weighted by Crippen LogP contribution is 2.33. The molecule has 2 aromatic carbocycles. The van der Waals surface area contributed by atoms with E-state index in [2.05, 4.69) is 22.4 Å². The predicted molar refractivity (Wildman–Crippen MR) is 110 cm³/mol. The van der Waals surface area contributed by atoms with Gasteiger partial charge in [0.1, 0.15) is 0 Å². The van der Waals surface area contributed by atoms with Crippen molar-refractivity contribution in [3.63, 3.8) is 0 Å². The Bertz CT molecular complexity index is 960. The Morgan fingerprint density at radius 1 is 1.18 bits per heavy atom. The van der Waals surface area contributed by atoms with E-state index < -0.39 is 0 Å². The van der Waals surface area contributed by atoms with Crippen LogP contribution in [-0.4, -0.2) is 40.4 Å². The van der Waals surface area contributed by atoms with Gasteiger partial charge in [0, 0.05) is 29.2 Å². The van der Waals surface area contributed by atoms with Gasteiger partial charge in [-0.15, -0.1) is 11.8 Å². The second-order valence-electron chi connectivity index (χ2n) is 6.97. The summed E-state index contributed by atoms with van der Waals surface area (Å²) in [6.07, 6.45) is 2.02. The van der Waals surface area contributed by atoms with Gasteiger partial charge in [-0.3, -0.25) is 0 Å². The molecule has 1 fully saturated rings. The number of anilines is 1. The lowest BCUT2D eigenvalue weighted by Crippen LogP contribution is -2.33. The van der Waals surface area contributed by atoms with Crippen LogP contribution in [0, 0.1) is 5.92 Å². The van der Waals surface area contributed by atoms with Crippen molar-refractivity contribution in [3.8, 4) is 11.4 Å². The number of rotatable bonds is 4. The van der Waals surface area contributed by atoms with Gasteiger partial charge in [-0.1, -0.05) is 48.5 Å². The number of aromatic nitrogens is 2. The fourth-order valence-electron chi connectivity index (χ4n) is 3.45. The van der Waals surface area contributed by atoms with E-state index in [1.807, 2.05) is 65.8 Å². The minimum atomic E-state index is -0.101. The van der Waals surface area contributed by atoms with E-state index in [4.69, 9.17) is 4.52 Å². The monoisotopic (exact) mass is 394 g/mol. The number of carbonyl (C=O) groups is 1. The number of hydrogen-bond donors (Lipinski definition) is 1. The fraction of sp³-hybridized carbons (Fsp3) is 0.286. The zero-order chi connectivity index (χ0) is 19.5. The van der Waals surface area contributed by atoms with E-state index in [1.165, 1.54) is 0 Å². The summed E-state index contributed by atoms with van der Waals surface area (Å²) in [5.41, 5.74) is 1.73. The van der Waals surface area contributed by atoms with Crippen LogP contribution < -0.4 is 5.32 Å². The summed E-state index contributed by atoms with van der Waals surface area (Å²) in [6.45, 7) is 3.33. The van der Waals surface area contributed by atoms with Crippen LogP contribution in [0.3, 0.4) is 0 Å². The lowest BCUT2D eigenvalue weighted by molar-refractivity contribution is 0.220. The van der Waals surface area contributed by atoms with E-state index in [-0.39, 0.29) is 17.9 Å². The molecule has 2 atom stereocenters. The van der Waals surface area contributed by atoms with Crippen molar-refractivity contribution in [2.45, 2.75) is 17.7 Å². The Labute approximate surface area is 168 Å². The highest BCUT2D eigenvalue weighted by atomic mass is 32.2. The van der Waals surface area contributed by atoms with E-state index in [1.54, 1.807) is 11.8 Å². The first kappa shape index (κ1) is 18.6. The molecule has 0 bridgehead atoms. The van der Waals surface area contributed by atoms with Crippen LogP contribution in [0.1, 0.15) is 18.7 Å². The fourth-order valence-corrected chi connectivity index (χ4v) is 3.91. The van der Waals surface area contributed by atoms with Crippen LogP contribution in [0.4, 0.5) is 10.5 Å². The average Bonchev–Trinajstić information content (AvgIpc) is 3.35. The lowest BCUT2D eigenvalue weighted by Gasteiger charge is -2.17. The van der Waals surface area contributed by atoms with Crippen LogP contribution in [0.25, 0.3) is 11.4 Å². The number of amides is 2. The Kier molecular flexibility index (Phi) is 5.34. The molecule has 0 aliphatic carbocycles. The molecule has 3 aromatic rings. The standard InChI is InChI=1S/C21H22N4O2S/c1-14-12-25(21(26)22-16-9-6-10-17(11-16)28-2)13-18(14)20-23-19(24-27-20)15-7-4-3-5-8-15/h3-11,14,18H,12-13H2,1-2H3,(H,22,26). The molecule has 1 aromatic heterocycles. The molecule has 0 saturated carbocycles. The number of hydrogen-bond acceptors (Lipinski definition) is 5. The molecule has 0 radical (unpaired) electrons. The lowest BCUT2D eigenvalue weighted by atomic mass is 9.98. The smallest absolute Gasteiger partial charge is 0.321 e. The summed E-state index contributed by atoms with van der Waals surface area (Å²) >= 11 is 1.65. The maximum absolute atomic E-state index is 12.7. The number of nitrogens with one attached hydrogen (secondary N) is 1. The Morgan fingerprint density at radius 2 is 2.00 bits per heavy atom. The summed E-state index contributed by atoms with van der Waals surface area (Å²) in [4.78, 5) is 20.2. The summed E-state index contributed by atoms with van der Waals surface area (Å²) in [5, 5.41) is 7.10. The molecular formula is C21H22N4O2S. The number of carbonyl (C=O) groups excluding carboxylic acids is 1. The van der Waals surface area contributed by atoms with Gasteiger partial charge in [-0.25, -0.2) is 4.79 Å². The third-order valence-electron chi connectivity index (χ3n) is 5.01. The summed E-state index contributed by atoms with van der Waals surface area (Å²) in [5.74, 6) is 1.45. The van der Waals surface area contributed by atoms with Crippen LogP contribution in [0.5, 0.6) is 0 Å². The van der Waals surface area contributed by atoms with Crippen molar-refractivity contribution in [2.24, 2.45) is 5.92 Å². The van der Waals surface area contributed by atoms with Crippen molar-refractivity contribution in [1.82, 2.24) is 15.0 Å². The first-order valence-corrected chi connectivity index (χ1v) is 10.5. The van der Waals surface area contributed by atoms with Crippen molar-refractivity contribution in [3.05, 3.63) is 60.5 Å². The molecule has 2 amide bonds. The molecule has 1 aliphatic heterocycles. The summed E-state index contributed by atoms with van der Waals surface area (Å²) < 4.78 is 5.53. The molecule has 4 rings (SSSR count).